The molecule has 0 saturated carbocycles. The molecule has 0 spiro atoms. The third-order valence-corrected chi connectivity index (χ3v) is 5.68. The average molecular weight is 496 g/mol. The fourth-order valence-corrected chi connectivity index (χ4v) is 3.92. The van der Waals surface area contributed by atoms with Crippen LogP contribution in [0.4, 0.5) is 5.69 Å². The zero-order valence-electron chi connectivity index (χ0n) is 19.4. The van der Waals surface area contributed by atoms with Gasteiger partial charge in [-0.05, 0) is 42.5 Å². The van der Waals surface area contributed by atoms with Crippen LogP contribution in [-0.4, -0.2) is 40.1 Å². The molecule has 35 heavy (non-hydrogen) atoms. The van der Waals surface area contributed by atoms with Crippen molar-refractivity contribution in [1.29, 1.82) is 0 Å². The first kappa shape index (κ1) is 24.0. The van der Waals surface area contributed by atoms with Gasteiger partial charge in [0.15, 0.2) is 17.3 Å². The molecule has 0 aliphatic heterocycles. The Morgan fingerprint density at radius 2 is 1.46 bits per heavy atom. The maximum Gasteiger partial charge on any atom is 0.256 e. The first-order valence-electron chi connectivity index (χ1n) is 10.4. The van der Waals surface area contributed by atoms with Gasteiger partial charge in [0.2, 0.25) is 11.5 Å². The minimum Gasteiger partial charge on any atom is -0.495 e. The van der Waals surface area contributed by atoms with Crippen molar-refractivity contribution < 1.29 is 33.0 Å². The number of nitrogens with one attached hydrogen (secondary N) is 1. The van der Waals surface area contributed by atoms with Crippen LogP contribution in [0, 0.1) is 0 Å². The number of anilines is 1. The summed E-state index contributed by atoms with van der Waals surface area (Å²) in [7, 11) is 5.87. The molecular weight excluding hydrogens is 474 g/mol. The largest absolute Gasteiger partial charge is 0.495 e. The molecule has 3 aromatic carbocycles. The highest BCUT2D eigenvalue weighted by atomic mass is 35.5. The second-order valence-corrected chi connectivity index (χ2v) is 7.76. The Kier molecular flexibility index (Phi) is 6.84. The van der Waals surface area contributed by atoms with Crippen LogP contribution >= 0.6 is 11.6 Å². The fourth-order valence-electron chi connectivity index (χ4n) is 3.67. The quantitative estimate of drug-likeness (QED) is 0.317. The van der Waals surface area contributed by atoms with Gasteiger partial charge in [0.05, 0.1) is 39.1 Å². The molecular formula is C26H22ClNO7. The van der Waals surface area contributed by atoms with Crippen LogP contribution in [0.3, 0.4) is 0 Å². The van der Waals surface area contributed by atoms with Crippen molar-refractivity contribution in [3.63, 3.8) is 0 Å². The molecule has 4 aromatic rings. The van der Waals surface area contributed by atoms with Crippen molar-refractivity contribution in [3.8, 4) is 23.0 Å². The Labute approximate surface area is 206 Å². The van der Waals surface area contributed by atoms with Gasteiger partial charge in [-0.2, -0.15) is 0 Å². The number of hydrogen-bond acceptors (Lipinski definition) is 7. The molecule has 0 atom stereocenters. The summed E-state index contributed by atoms with van der Waals surface area (Å²) in [6.45, 7) is 0. The number of rotatable bonds is 8. The number of para-hydroxylation sites is 1. The number of hydrogen-bond donors (Lipinski definition) is 1. The number of fused-ring (bicyclic) bond motifs is 1. The number of ketones is 1. The standard InChI is InChI=1S/C26H22ClNO7/c1-31-19-10-9-14(11-17(19)27)23(29)25-22(16-7-5-6-8-18(16)35-25)28-26(30)15-12-20(32-2)24(34-4)21(13-15)33-3/h5-13H,1-4H3,(H,28,30). The minimum absolute atomic E-state index is 0.0341. The summed E-state index contributed by atoms with van der Waals surface area (Å²) in [4.78, 5) is 26.7. The van der Waals surface area contributed by atoms with E-state index in [-0.39, 0.29) is 27.6 Å². The Morgan fingerprint density at radius 3 is 2.06 bits per heavy atom. The van der Waals surface area contributed by atoms with E-state index >= 15 is 0 Å². The molecule has 1 aromatic heterocycles. The van der Waals surface area contributed by atoms with E-state index in [0.29, 0.717) is 34.0 Å². The van der Waals surface area contributed by atoms with E-state index in [4.69, 9.17) is 35.0 Å². The van der Waals surface area contributed by atoms with E-state index in [1.54, 1.807) is 36.4 Å². The molecule has 0 aliphatic carbocycles. The third-order valence-electron chi connectivity index (χ3n) is 5.38. The van der Waals surface area contributed by atoms with Gasteiger partial charge in [-0.25, -0.2) is 0 Å². The lowest BCUT2D eigenvalue weighted by Crippen LogP contribution is -2.15. The van der Waals surface area contributed by atoms with Gasteiger partial charge in [-0.3, -0.25) is 9.59 Å². The first-order chi connectivity index (χ1) is 16.9. The predicted octanol–water partition coefficient (Wildman–Crippen LogP) is 5.60. The van der Waals surface area contributed by atoms with Gasteiger partial charge in [-0.1, -0.05) is 23.7 Å². The van der Waals surface area contributed by atoms with E-state index in [1.807, 2.05) is 0 Å². The van der Waals surface area contributed by atoms with Crippen LogP contribution in [-0.2, 0) is 0 Å². The lowest BCUT2D eigenvalue weighted by molar-refractivity contribution is 0.101. The minimum atomic E-state index is -0.502. The fraction of sp³-hybridized carbons (Fsp3) is 0.154. The van der Waals surface area contributed by atoms with Crippen LogP contribution in [0.2, 0.25) is 5.02 Å². The predicted molar refractivity (Wildman–Crippen MR) is 132 cm³/mol. The molecule has 0 fully saturated rings. The molecule has 1 amide bonds. The van der Waals surface area contributed by atoms with Crippen molar-refractivity contribution in [3.05, 3.63) is 76.5 Å². The number of amides is 1. The van der Waals surface area contributed by atoms with E-state index < -0.39 is 11.7 Å². The Bertz CT molecular complexity index is 1400. The number of ether oxygens (including phenoxy) is 4. The lowest BCUT2D eigenvalue weighted by Gasteiger charge is -2.14. The number of carbonyl (C=O) groups is 2. The molecule has 9 heteroatoms. The SMILES string of the molecule is COc1ccc(C(=O)c2oc3ccccc3c2NC(=O)c2cc(OC)c(OC)c(OC)c2)cc1Cl. The summed E-state index contributed by atoms with van der Waals surface area (Å²) >= 11 is 6.21. The highest BCUT2D eigenvalue weighted by Crippen LogP contribution is 2.39. The topological polar surface area (TPSA) is 96.2 Å². The number of carbonyl (C=O) groups excluding carboxylic acids is 2. The van der Waals surface area contributed by atoms with Crippen LogP contribution in [0.25, 0.3) is 11.0 Å². The molecule has 0 bridgehead atoms. The van der Waals surface area contributed by atoms with Gasteiger partial charge >= 0.3 is 0 Å². The highest BCUT2D eigenvalue weighted by Gasteiger charge is 2.25. The monoisotopic (exact) mass is 495 g/mol. The zero-order chi connectivity index (χ0) is 25.1. The van der Waals surface area contributed by atoms with Crippen LogP contribution < -0.4 is 24.3 Å². The van der Waals surface area contributed by atoms with Gasteiger partial charge in [0.25, 0.3) is 5.91 Å². The van der Waals surface area contributed by atoms with Crippen LogP contribution in [0.5, 0.6) is 23.0 Å². The number of furan rings is 1. The maximum atomic E-state index is 13.4. The summed E-state index contributed by atoms with van der Waals surface area (Å²) in [5.74, 6) is 0.435. The zero-order valence-corrected chi connectivity index (χ0v) is 20.2. The van der Waals surface area contributed by atoms with Crippen molar-refractivity contribution in [2.75, 3.05) is 33.8 Å². The smallest absolute Gasteiger partial charge is 0.256 e. The molecule has 8 nitrogen and oxygen atoms in total. The Hall–Kier alpha value is -4.17. The average Bonchev–Trinajstić information content (AvgIpc) is 3.25. The summed E-state index contributed by atoms with van der Waals surface area (Å²) in [5.41, 5.74) is 1.18. The second kappa shape index (κ2) is 9.99. The van der Waals surface area contributed by atoms with E-state index in [1.165, 1.54) is 46.6 Å². The summed E-state index contributed by atoms with van der Waals surface area (Å²) in [5, 5.41) is 3.66. The Morgan fingerprint density at radius 1 is 0.800 bits per heavy atom. The third kappa shape index (κ3) is 4.48. The Balaban J connectivity index is 1.77. The molecule has 4 rings (SSSR count). The normalized spacial score (nSPS) is 10.7. The number of halogens is 1. The molecule has 0 unspecified atom stereocenters. The van der Waals surface area contributed by atoms with Gasteiger partial charge < -0.3 is 28.7 Å². The molecule has 1 heterocycles. The molecule has 0 saturated heterocycles. The van der Waals surface area contributed by atoms with Gasteiger partial charge in [0, 0.05) is 16.5 Å². The molecule has 0 aliphatic rings. The van der Waals surface area contributed by atoms with Gasteiger partial charge in [-0.15, -0.1) is 0 Å². The number of methoxy groups -OCH3 is 4. The van der Waals surface area contributed by atoms with Crippen molar-refractivity contribution in [2.24, 2.45) is 0 Å². The molecule has 1 N–H and O–H groups in total. The molecule has 0 radical (unpaired) electrons. The highest BCUT2D eigenvalue weighted by molar-refractivity contribution is 6.32. The van der Waals surface area contributed by atoms with Crippen LogP contribution in [0.1, 0.15) is 26.5 Å². The lowest BCUT2D eigenvalue weighted by atomic mass is 10.1. The van der Waals surface area contributed by atoms with Crippen LogP contribution in [0.15, 0.2) is 59.0 Å². The molecule has 180 valence electrons. The van der Waals surface area contributed by atoms with Crippen molar-refractivity contribution in [2.45, 2.75) is 0 Å². The first-order valence-corrected chi connectivity index (χ1v) is 10.8. The summed E-state index contributed by atoms with van der Waals surface area (Å²) in [6.07, 6.45) is 0. The summed E-state index contributed by atoms with van der Waals surface area (Å²) < 4.78 is 27.0. The van der Waals surface area contributed by atoms with Crippen molar-refractivity contribution in [1.82, 2.24) is 0 Å². The van der Waals surface area contributed by atoms with Gasteiger partial charge in [0.1, 0.15) is 11.3 Å². The number of benzene rings is 3. The maximum absolute atomic E-state index is 13.4. The summed E-state index contributed by atoms with van der Waals surface area (Å²) in [6, 6.07) is 14.7. The van der Waals surface area contributed by atoms with E-state index in [2.05, 4.69) is 5.32 Å². The van der Waals surface area contributed by atoms with Crippen molar-refractivity contribution >= 4 is 39.9 Å². The second-order valence-electron chi connectivity index (χ2n) is 7.35. The van der Waals surface area contributed by atoms with E-state index in [0.717, 1.165) is 0 Å². The van der Waals surface area contributed by atoms with E-state index in [9.17, 15) is 9.59 Å².